The summed E-state index contributed by atoms with van der Waals surface area (Å²) >= 11 is 7.81. The van der Waals surface area contributed by atoms with Crippen LogP contribution in [0, 0.1) is 5.92 Å². The predicted molar refractivity (Wildman–Crippen MR) is 114 cm³/mol. The minimum absolute atomic E-state index is 0.198. The second-order valence-electron chi connectivity index (χ2n) is 7.49. The van der Waals surface area contributed by atoms with E-state index in [1.54, 1.807) is 24.5 Å². The Kier molecular flexibility index (Phi) is 6.50. The van der Waals surface area contributed by atoms with Crippen LogP contribution >= 0.6 is 23.4 Å². The molecule has 0 radical (unpaired) electrons. The van der Waals surface area contributed by atoms with E-state index in [0.717, 1.165) is 22.7 Å². The molecule has 0 spiro atoms. The molecule has 4 rings (SSSR count). The van der Waals surface area contributed by atoms with Crippen molar-refractivity contribution < 1.29 is 4.79 Å². The molecule has 1 N–H and O–H groups in total. The number of thioether (sulfide) groups is 1. The maximum Gasteiger partial charge on any atom is 0.258 e. The highest BCUT2D eigenvalue weighted by atomic mass is 35.5. The van der Waals surface area contributed by atoms with Crippen LogP contribution < -0.4 is 5.32 Å². The van der Waals surface area contributed by atoms with Gasteiger partial charge in [-0.1, -0.05) is 18.0 Å². The quantitative estimate of drug-likeness (QED) is 0.563. The van der Waals surface area contributed by atoms with Gasteiger partial charge < -0.3 is 10.2 Å². The fraction of sp³-hybridized carbons (Fsp3) is 0.476. The molecule has 2 fully saturated rings. The van der Waals surface area contributed by atoms with Gasteiger partial charge in [0.2, 0.25) is 0 Å². The number of fused-ring (bicyclic) bond motifs is 1. The van der Waals surface area contributed by atoms with Crippen molar-refractivity contribution in [3.8, 4) is 0 Å². The number of halogens is 1. The summed E-state index contributed by atoms with van der Waals surface area (Å²) in [5.41, 5.74) is 1.02. The lowest BCUT2D eigenvalue weighted by Gasteiger charge is -2.44. The number of amides is 1. The smallest absolute Gasteiger partial charge is 0.258 e. The van der Waals surface area contributed by atoms with Crippen molar-refractivity contribution in [2.24, 2.45) is 5.92 Å². The summed E-state index contributed by atoms with van der Waals surface area (Å²) in [6.07, 6.45) is 9.99. The maximum absolute atomic E-state index is 12.3. The Morgan fingerprint density at radius 3 is 2.89 bits per heavy atom. The first-order valence-corrected chi connectivity index (χ1v) is 11.3. The zero-order valence-electron chi connectivity index (χ0n) is 15.8. The molecule has 0 aromatic carbocycles. The number of pyridine rings is 2. The lowest BCUT2D eigenvalue weighted by molar-refractivity contribution is 0.0693. The van der Waals surface area contributed by atoms with Crippen LogP contribution in [0.3, 0.4) is 0 Å². The van der Waals surface area contributed by atoms with Gasteiger partial charge in [-0.2, -0.15) is 0 Å². The molecule has 5 nitrogen and oxygen atoms in total. The second-order valence-corrected chi connectivity index (χ2v) is 8.89. The van der Waals surface area contributed by atoms with Crippen molar-refractivity contribution in [3.63, 3.8) is 0 Å². The van der Waals surface area contributed by atoms with Crippen molar-refractivity contribution in [3.05, 3.63) is 47.4 Å². The molecule has 0 saturated carbocycles. The number of carbonyl (C=O) groups excluding carboxylic acids is 1. The molecule has 2 atom stereocenters. The Morgan fingerprint density at radius 2 is 2.07 bits per heavy atom. The zero-order chi connectivity index (χ0) is 19.3. The summed E-state index contributed by atoms with van der Waals surface area (Å²) in [6, 6.07) is 7.98. The molecule has 1 amide bonds. The molecule has 148 valence electrons. The number of hydrogen-bond acceptors (Lipinski definition) is 5. The third-order valence-electron chi connectivity index (χ3n) is 5.67. The number of anilines is 1. The molecule has 7 heteroatoms. The summed E-state index contributed by atoms with van der Waals surface area (Å²) in [4.78, 5) is 23.5. The van der Waals surface area contributed by atoms with Gasteiger partial charge in [0.25, 0.3) is 5.91 Å². The van der Waals surface area contributed by atoms with Crippen LogP contribution in [-0.4, -0.2) is 45.7 Å². The average molecular weight is 417 g/mol. The Morgan fingerprint density at radius 1 is 1.18 bits per heavy atom. The topological polar surface area (TPSA) is 58.1 Å². The Bertz CT molecular complexity index is 814. The fourth-order valence-electron chi connectivity index (χ4n) is 4.26. The van der Waals surface area contributed by atoms with E-state index < -0.39 is 0 Å². The first-order valence-electron chi connectivity index (χ1n) is 9.95. The number of rotatable bonds is 5. The molecule has 2 aliphatic rings. The van der Waals surface area contributed by atoms with Crippen LogP contribution in [0.1, 0.15) is 42.5 Å². The van der Waals surface area contributed by atoms with Crippen LogP contribution in [0.25, 0.3) is 0 Å². The van der Waals surface area contributed by atoms with Gasteiger partial charge in [-0.25, -0.2) is 9.97 Å². The van der Waals surface area contributed by atoms with Crippen LogP contribution in [0.2, 0.25) is 5.15 Å². The number of carbonyl (C=O) groups is 1. The Labute approximate surface area is 175 Å². The first-order chi connectivity index (χ1) is 13.7. The van der Waals surface area contributed by atoms with Gasteiger partial charge in [-0.3, -0.25) is 4.79 Å². The SMILES string of the molecule is O=C(Nc1ccc(SC[C@@H]2CCCN3CCCC[C@H]23)nc1)c1cccnc1Cl. The fourth-order valence-corrected chi connectivity index (χ4v) is 5.53. The third-order valence-corrected chi connectivity index (χ3v) is 7.11. The highest BCUT2D eigenvalue weighted by Gasteiger charge is 2.32. The highest BCUT2D eigenvalue weighted by molar-refractivity contribution is 7.99. The number of nitrogens with zero attached hydrogens (tertiary/aromatic N) is 3. The largest absolute Gasteiger partial charge is 0.320 e. The van der Waals surface area contributed by atoms with E-state index in [0.29, 0.717) is 11.3 Å². The molecule has 4 heterocycles. The van der Waals surface area contributed by atoms with E-state index in [-0.39, 0.29) is 11.1 Å². The van der Waals surface area contributed by atoms with Crippen molar-refractivity contribution >= 4 is 35.0 Å². The highest BCUT2D eigenvalue weighted by Crippen LogP contribution is 2.34. The van der Waals surface area contributed by atoms with E-state index >= 15 is 0 Å². The van der Waals surface area contributed by atoms with Gasteiger partial charge >= 0.3 is 0 Å². The van der Waals surface area contributed by atoms with Gasteiger partial charge in [-0.15, -0.1) is 11.8 Å². The molecule has 28 heavy (non-hydrogen) atoms. The molecule has 2 aliphatic heterocycles. The second kappa shape index (κ2) is 9.25. The third kappa shape index (κ3) is 4.67. The van der Waals surface area contributed by atoms with E-state index in [1.807, 2.05) is 23.9 Å². The van der Waals surface area contributed by atoms with E-state index in [1.165, 1.54) is 45.2 Å². The van der Waals surface area contributed by atoms with Crippen molar-refractivity contribution in [2.75, 3.05) is 24.2 Å². The Balaban J connectivity index is 1.32. The number of nitrogens with one attached hydrogen (secondary N) is 1. The summed E-state index contributed by atoms with van der Waals surface area (Å²) in [7, 11) is 0. The first kappa shape index (κ1) is 19.7. The lowest BCUT2D eigenvalue weighted by Crippen LogP contribution is -2.48. The van der Waals surface area contributed by atoms with Crippen molar-refractivity contribution in [1.29, 1.82) is 0 Å². The average Bonchev–Trinajstić information content (AvgIpc) is 2.73. The molecular formula is C21H25ClN4OS. The minimum Gasteiger partial charge on any atom is -0.320 e. The van der Waals surface area contributed by atoms with Gasteiger partial charge in [0.05, 0.1) is 22.5 Å². The molecule has 0 aliphatic carbocycles. The number of piperidine rings is 2. The minimum atomic E-state index is -0.278. The molecule has 2 saturated heterocycles. The normalized spacial score (nSPS) is 22.5. The van der Waals surface area contributed by atoms with Crippen LogP contribution in [0.4, 0.5) is 5.69 Å². The summed E-state index contributed by atoms with van der Waals surface area (Å²) in [5, 5.41) is 4.03. The summed E-state index contributed by atoms with van der Waals surface area (Å²) in [6.45, 7) is 2.55. The molecule has 0 bridgehead atoms. The van der Waals surface area contributed by atoms with Gasteiger partial charge in [0.1, 0.15) is 5.15 Å². The molecule has 2 aromatic heterocycles. The van der Waals surface area contributed by atoms with Crippen LogP contribution in [-0.2, 0) is 0 Å². The number of aromatic nitrogens is 2. The molecule has 0 unspecified atom stereocenters. The Hall–Kier alpha value is -1.63. The lowest BCUT2D eigenvalue weighted by atomic mass is 9.85. The maximum atomic E-state index is 12.3. The predicted octanol–water partition coefficient (Wildman–Crippen LogP) is 4.74. The monoisotopic (exact) mass is 416 g/mol. The van der Waals surface area contributed by atoms with Crippen molar-refractivity contribution in [2.45, 2.75) is 43.2 Å². The van der Waals surface area contributed by atoms with Gasteiger partial charge in [0, 0.05) is 18.0 Å². The van der Waals surface area contributed by atoms with Crippen LogP contribution in [0.15, 0.2) is 41.7 Å². The van der Waals surface area contributed by atoms with Gasteiger partial charge in [-0.05, 0) is 69.0 Å². The standard InChI is InChI=1S/C21H25ClN4OS/c22-20-17(6-3-10-23-20)21(27)25-16-8-9-19(24-13-16)28-14-15-5-4-12-26-11-2-1-7-18(15)26/h3,6,8-10,13,15,18H,1-2,4-5,7,11-12,14H2,(H,25,27)/t15-,18+/m0/s1. The molecular weight excluding hydrogens is 392 g/mol. The van der Waals surface area contributed by atoms with E-state index in [2.05, 4.69) is 20.2 Å². The molecule has 2 aromatic rings. The van der Waals surface area contributed by atoms with Gasteiger partial charge in [0.15, 0.2) is 0 Å². The van der Waals surface area contributed by atoms with Crippen LogP contribution in [0.5, 0.6) is 0 Å². The zero-order valence-corrected chi connectivity index (χ0v) is 17.4. The van der Waals surface area contributed by atoms with E-state index in [9.17, 15) is 4.79 Å². The number of hydrogen-bond donors (Lipinski definition) is 1. The van der Waals surface area contributed by atoms with E-state index in [4.69, 9.17) is 11.6 Å². The van der Waals surface area contributed by atoms with Crippen molar-refractivity contribution in [1.82, 2.24) is 14.9 Å². The summed E-state index contributed by atoms with van der Waals surface area (Å²) in [5.74, 6) is 1.60. The summed E-state index contributed by atoms with van der Waals surface area (Å²) < 4.78 is 0.